The Kier molecular flexibility index (Phi) is 19.2. The van der Waals surface area contributed by atoms with Crippen LogP contribution in [0.1, 0.15) is 20.8 Å². The van der Waals surface area contributed by atoms with Crippen LogP contribution in [0.3, 0.4) is 0 Å². The second-order valence-corrected chi connectivity index (χ2v) is 13.1. The quantitative estimate of drug-likeness (QED) is 0.0499. The van der Waals surface area contributed by atoms with Crippen molar-refractivity contribution < 1.29 is 76.9 Å². The molecule has 0 radical (unpaired) electrons. The van der Waals surface area contributed by atoms with Crippen LogP contribution in [-0.2, 0) is 61.9 Å². The molecule has 0 spiro atoms. The van der Waals surface area contributed by atoms with Crippen molar-refractivity contribution in [2.24, 2.45) is 10.8 Å². The van der Waals surface area contributed by atoms with E-state index in [0.29, 0.717) is 0 Å². The lowest BCUT2D eigenvalue weighted by molar-refractivity contribution is -0.163. The second-order valence-electron chi connectivity index (χ2n) is 13.1. The highest BCUT2D eigenvalue weighted by atomic mass is 16.6. The third-order valence-corrected chi connectivity index (χ3v) is 7.69. The van der Waals surface area contributed by atoms with Crippen LogP contribution in [-0.4, -0.2) is 152 Å². The Labute approximate surface area is 313 Å². The van der Waals surface area contributed by atoms with Crippen LogP contribution in [0, 0.1) is 10.8 Å². The van der Waals surface area contributed by atoms with Crippen molar-refractivity contribution in [3.63, 3.8) is 0 Å². The first-order chi connectivity index (χ1) is 25.3. The van der Waals surface area contributed by atoms with Gasteiger partial charge in [-0.05, 0) is 13.8 Å². The number of ether oxygens (including phenoxy) is 7. The summed E-state index contributed by atoms with van der Waals surface area (Å²) in [6.07, 6.45) is 1.82. The van der Waals surface area contributed by atoms with Crippen LogP contribution in [0.5, 0.6) is 0 Å². The number of amides is 3. The fourth-order valence-corrected chi connectivity index (χ4v) is 4.60. The zero-order chi connectivity index (χ0) is 41.1. The lowest BCUT2D eigenvalue weighted by Gasteiger charge is -2.33. The maximum atomic E-state index is 13.4. The number of carbonyl (C=O) groups is 7. The average molecular weight is 767 g/mol. The van der Waals surface area contributed by atoms with Gasteiger partial charge in [0.15, 0.2) is 0 Å². The number of aliphatic hydroxyl groups is 2. The van der Waals surface area contributed by atoms with E-state index in [1.54, 1.807) is 6.92 Å². The molecule has 1 aliphatic rings. The molecule has 1 heterocycles. The minimum atomic E-state index is -1.47. The maximum Gasteiger partial charge on any atom is 0.330 e. The fourth-order valence-electron chi connectivity index (χ4n) is 4.60. The zero-order valence-corrected chi connectivity index (χ0v) is 30.9. The summed E-state index contributed by atoms with van der Waals surface area (Å²) in [5.41, 5.74) is -3.97. The molecule has 300 valence electrons. The van der Waals surface area contributed by atoms with E-state index in [1.807, 2.05) is 0 Å². The van der Waals surface area contributed by atoms with E-state index in [-0.39, 0.29) is 26.4 Å². The minimum absolute atomic E-state index is 0.171. The summed E-state index contributed by atoms with van der Waals surface area (Å²) in [5.74, 6) is -4.61. The molecule has 1 rings (SSSR count). The van der Waals surface area contributed by atoms with Crippen molar-refractivity contribution in [2.45, 2.75) is 38.5 Å². The van der Waals surface area contributed by atoms with Gasteiger partial charge in [0.2, 0.25) is 0 Å². The predicted octanol–water partition coefficient (Wildman–Crippen LogP) is 0.423. The maximum absolute atomic E-state index is 13.4. The molecule has 0 aromatic heterocycles. The van der Waals surface area contributed by atoms with E-state index in [2.05, 4.69) is 32.9 Å². The number of β-amino-alcohol motifs (C(OH)–C–C–N with tert-alkyl or cyclic N) is 2. The number of esters is 5. The molecule has 18 nitrogen and oxygen atoms in total. The SMILES string of the molecule is C=CC(=O)OCC(C)(COCC(O)CN1C(=O)N(CC(O)COCC(COC(=O)C=C)(COC(=O)C=C)COC(=O)C=C)C(C)(C)C1=O)COC(=O)C=C. The van der Waals surface area contributed by atoms with E-state index in [1.165, 1.54) is 13.8 Å². The Morgan fingerprint density at radius 3 is 1.37 bits per heavy atom. The van der Waals surface area contributed by atoms with E-state index in [4.69, 9.17) is 33.2 Å². The van der Waals surface area contributed by atoms with E-state index in [0.717, 1.165) is 40.2 Å². The van der Waals surface area contributed by atoms with Crippen molar-refractivity contribution in [3.05, 3.63) is 63.3 Å². The molecule has 0 bridgehead atoms. The molecule has 1 fully saturated rings. The minimum Gasteiger partial charge on any atom is -0.462 e. The van der Waals surface area contributed by atoms with Crippen molar-refractivity contribution >= 4 is 41.8 Å². The largest absolute Gasteiger partial charge is 0.462 e. The molecule has 0 aromatic carbocycles. The van der Waals surface area contributed by atoms with Crippen LogP contribution in [0.4, 0.5) is 4.79 Å². The number of carbonyl (C=O) groups excluding carboxylic acids is 7. The Balaban J connectivity index is 2.96. The highest BCUT2D eigenvalue weighted by Crippen LogP contribution is 2.29. The van der Waals surface area contributed by atoms with Gasteiger partial charge in [-0.2, -0.15) is 0 Å². The first-order valence-corrected chi connectivity index (χ1v) is 16.4. The molecule has 1 aliphatic heterocycles. The molecule has 2 atom stereocenters. The van der Waals surface area contributed by atoms with E-state index < -0.39 is 116 Å². The van der Waals surface area contributed by atoms with E-state index >= 15 is 0 Å². The number of aliphatic hydroxyl groups excluding tert-OH is 2. The van der Waals surface area contributed by atoms with Crippen LogP contribution < -0.4 is 0 Å². The molecule has 18 heteroatoms. The molecule has 54 heavy (non-hydrogen) atoms. The van der Waals surface area contributed by atoms with E-state index in [9.17, 15) is 43.8 Å². The van der Waals surface area contributed by atoms with Crippen LogP contribution >= 0.6 is 0 Å². The van der Waals surface area contributed by atoms with Gasteiger partial charge in [0.1, 0.15) is 38.6 Å². The molecule has 1 saturated heterocycles. The first-order valence-electron chi connectivity index (χ1n) is 16.4. The van der Waals surface area contributed by atoms with Gasteiger partial charge in [0, 0.05) is 30.4 Å². The second kappa shape index (κ2) is 22.1. The van der Waals surface area contributed by atoms with Gasteiger partial charge >= 0.3 is 35.9 Å². The fraction of sp³-hybridized carbons (Fsp3) is 0.528. The average Bonchev–Trinajstić information content (AvgIpc) is 3.30. The van der Waals surface area contributed by atoms with Crippen molar-refractivity contribution in [1.29, 1.82) is 0 Å². The van der Waals surface area contributed by atoms with Gasteiger partial charge in [0.25, 0.3) is 5.91 Å². The first kappa shape index (κ1) is 46.9. The summed E-state index contributed by atoms with van der Waals surface area (Å²) in [6.45, 7) is 16.9. The highest BCUT2D eigenvalue weighted by Gasteiger charge is 2.52. The Hall–Kier alpha value is -5.17. The normalized spacial score (nSPS) is 15.0. The Morgan fingerprint density at radius 2 is 0.981 bits per heavy atom. The van der Waals surface area contributed by atoms with Crippen LogP contribution in [0.15, 0.2) is 63.3 Å². The highest BCUT2D eigenvalue weighted by molar-refractivity contribution is 6.06. The zero-order valence-electron chi connectivity index (χ0n) is 30.9. The standard InChI is InChI=1S/C36H50N2O16/c1-9-27(41)50-19-35(8,20-51-28(42)10-2)18-48-16-25(39)14-37-32(46)34(6,7)38(33(37)47)15-26(40)17-49-21-36(22-52-29(43)11-3,23-53-30(44)12-4)24-54-31(45)13-5/h9-13,25-26,39-40H,1-5,14-24H2,6-8H3. The number of hydrogen-bond donors (Lipinski definition) is 2. The molecule has 2 N–H and O–H groups in total. The van der Waals surface area contributed by atoms with Crippen LogP contribution in [0.2, 0.25) is 0 Å². The van der Waals surface area contributed by atoms with Gasteiger partial charge in [-0.1, -0.05) is 39.8 Å². The van der Waals surface area contributed by atoms with Crippen molar-refractivity contribution in [1.82, 2.24) is 9.80 Å². The topological polar surface area (TPSA) is 231 Å². The molecule has 0 aromatic rings. The van der Waals surface area contributed by atoms with Gasteiger partial charge in [-0.3, -0.25) is 9.69 Å². The lowest BCUT2D eigenvalue weighted by atomic mass is 9.92. The smallest absolute Gasteiger partial charge is 0.330 e. The number of rotatable bonds is 27. The van der Waals surface area contributed by atoms with Crippen molar-refractivity contribution in [3.8, 4) is 0 Å². The lowest BCUT2D eigenvalue weighted by Crippen LogP contribution is -2.49. The molecular formula is C36H50N2O16. The van der Waals surface area contributed by atoms with Crippen LogP contribution in [0.25, 0.3) is 0 Å². The van der Waals surface area contributed by atoms with Crippen molar-refractivity contribution in [2.75, 3.05) is 72.6 Å². The number of nitrogens with zero attached hydrogens (tertiary/aromatic N) is 2. The summed E-state index contributed by atoms with van der Waals surface area (Å²) in [7, 11) is 0. The molecule has 0 aliphatic carbocycles. The molecule has 3 amide bonds. The number of hydrogen-bond acceptors (Lipinski definition) is 16. The summed E-state index contributed by atoms with van der Waals surface area (Å²) in [5, 5.41) is 21.6. The summed E-state index contributed by atoms with van der Waals surface area (Å²) in [6, 6.07) is -0.820. The van der Waals surface area contributed by atoms with Gasteiger partial charge in [-0.25, -0.2) is 28.8 Å². The summed E-state index contributed by atoms with van der Waals surface area (Å²) in [4.78, 5) is 87.3. The third kappa shape index (κ3) is 15.1. The molecular weight excluding hydrogens is 716 g/mol. The third-order valence-electron chi connectivity index (χ3n) is 7.69. The van der Waals surface area contributed by atoms with Gasteiger partial charge < -0.3 is 48.3 Å². The number of urea groups is 1. The molecule has 2 unspecified atom stereocenters. The molecule has 0 saturated carbocycles. The van der Waals surface area contributed by atoms with Gasteiger partial charge in [0.05, 0.1) is 62.6 Å². The Bertz CT molecular complexity index is 1340. The monoisotopic (exact) mass is 766 g/mol. The summed E-state index contributed by atoms with van der Waals surface area (Å²) < 4.78 is 36.9. The van der Waals surface area contributed by atoms with Gasteiger partial charge in [-0.15, -0.1) is 0 Å². The predicted molar refractivity (Wildman–Crippen MR) is 188 cm³/mol. The number of imide groups is 1. The summed E-state index contributed by atoms with van der Waals surface area (Å²) >= 11 is 0. The Morgan fingerprint density at radius 1 is 0.630 bits per heavy atom.